The summed E-state index contributed by atoms with van der Waals surface area (Å²) in [5.74, 6) is -2.11. The van der Waals surface area contributed by atoms with Crippen LogP contribution in [-0.4, -0.2) is 16.1 Å². The zero-order chi connectivity index (χ0) is 14.2. The molecule has 1 aromatic heterocycles. The highest BCUT2D eigenvalue weighted by Crippen LogP contribution is 2.39. The van der Waals surface area contributed by atoms with Crippen LogP contribution < -0.4 is 0 Å². The number of carboxylic acids is 1. The molecule has 0 aliphatic rings. The van der Waals surface area contributed by atoms with Gasteiger partial charge in [0, 0.05) is 5.56 Å². The van der Waals surface area contributed by atoms with Gasteiger partial charge in [-0.25, -0.2) is 9.78 Å². The number of nitrogens with zero attached hydrogens (tertiary/aromatic N) is 1. The molecular weight excluding hydrogens is 315 g/mol. The van der Waals surface area contributed by atoms with E-state index in [0.717, 1.165) is 12.1 Å². The average Bonchev–Trinajstić information content (AvgIpc) is 2.34. The lowest BCUT2D eigenvalue weighted by Crippen LogP contribution is -2.03. The van der Waals surface area contributed by atoms with E-state index < -0.39 is 11.9 Å². The lowest BCUT2D eigenvalue weighted by molar-refractivity contribution is 0.0697. The summed E-state index contributed by atoms with van der Waals surface area (Å²) in [6.45, 7) is 0. The smallest absolute Gasteiger partial charge is 0.337 e. The van der Waals surface area contributed by atoms with Gasteiger partial charge < -0.3 is 5.11 Å². The summed E-state index contributed by atoms with van der Waals surface area (Å²) < 4.78 is 13.2. The largest absolute Gasteiger partial charge is 0.478 e. The number of benzene rings is 1. The van der Waals surface area contributed by atoms with Crippen molar-refractivity contribution in [3.8, 4) is 11.3 Å². The van der Waals surface area contributed by atoms with Gasteiger partial charge in [-0.15, -0.1) is 0 Å². The van der Waals surface area contributed by atoms with Gasteiger partial charge in [0.1, 0.15) is 0 Å². The number of halogens is 4. The highest BCUT2D eigenvalue weighted by atomic mass is 35.5. The molecule has 98 valence electrons. The maximum absolute atomic E-state index is 13.2. The van der Waals surface area contributed by atoms with Crippen molar-refractivity contribution >= 4 is 40.8 Å². The van der Waals surface area contributed by atoms with Crippen molar-refractivity contribution in [3.63, 3.8) is 0 Å². The molecule has 0 spiro atoms. The van der Waals surface area contributed by atoms with Crippen LogP contribution in [0.1, 0.15) is 10.4 Å². The van der Waals surface area contributed by atoms with Gasteiger partial charge in [-0.2, -0.15) is 4.39 Å². The minimum atomic E-state index is -1.27. The van der Waals surface area contributed by atoms with Crippen LogP contribution in [0, 0.1) is 5.95 Å². The first-order valence-corrected chi connectivity index (χ1v) is 6.09. The van der Waals surface area contributed by atoms with E-state index in [0.29, 0.717) is 0 Å². The molecule has 0 saturated heterocycles. The van der Waals surface area contributed by atoms with E-state index >= 15 is 0 Å². The van der Waals surface area contributed by atoms with Gasteiger partial charge in [0.2, 0.25) is 5.95 Å². The number of aromatic nitrogens is 1. The van der Waals surface area contributed by atoms with Crippen molar-refractivity contribution < 1.29 is 14.3 Å². The molecule has 0 unspecified atom stereocenters. The second-order valence-electron chi connectivity index (χ2n) is 3.55. The van der Waals surface area contributed by atoms with Crippen molar-refractivity contribution in [2.75, 3.05) is 0 Å². The molecule has 1 N–H and O–H groups in total. The Morgan fingerprint density at radius 1 is 1.11 bits per heavy atom. The second kappa shape index (κ2) is 5.33. The normalized spacial score (nSPS) is 10.5. The van der Waals surface area contributed by atoms with E-state index in [9.17, 15) is 9.18 Å². The van der Waals surface area contributed by atoms with Crippen molar-refractivity contribution in [2.45, 2.75) is 0 Å². The first-order valence-electron chi connectivity index (χ1n) is 4.95. The third-order valence-corrected chi connectivity index (χ3v) is 3.49. The molecule has 7 heteroatoms. The van der Waals surface area contributed by atoms with Gasteiger partial charge in [0.05, 0.1) is 26.3 Å². The first kappa shape index (κ1) is 14.1. The van der Waals surface area contributed by atoms with E-state index in [2.05, 4.69) is 4.98 Å². The first-order chi connectivity index (χ1) is 8.91. The van der Waals surface area contributed by atoms with Crippen LogP contribution in [0.3, 0.4) is 0 Å². The molecule has 0 radical (unpaired) electrons. The monoisotopic (exact) mass is 319 g/mol. The van der Waals surface area contributed by atoms with Gasteiger partial charge in [-0.1, -0.05) is 34.8 Å². The fourth-order valence-corrected chi connectivity index (χ4v) is 2.25. The Morgan fingerprint density at radius 3 is 2.37 bits per heavy atom. The SMILES string of the molecule is O=C(O)c1ccc(F)nc1-c1c(Cl)ccc(Cl)c1Cl. The molecule has 1 heterocycles. The Labute approximate surface area is 122 Å². The average molecular weight is 321 g/mol. The minimum absolute atomic E-state index is 0.0229. The van der Waals surface area contributed by atoms with Crippen LogP contribution in [-0.2, 0) is 0 Å². The summed E-state index contributed by atoms with van der Waals surface area (Å²) in [6, 6.07) is 4.92. The van der Waals surface area contributed by atoms with Gasteiger partial charge in [-0.3, -0.25) is 0 Å². The van der Waals surface area contributed by atoms with Crippen LogP contribution in [0.5, 0.6) is 0 Å². The van der Waals surface area contributed by atoms with Crippen LogP contribution in [0.15, 0.2) is 24.3 Å². The maximum Gasteiger partial charge on any atom is 0.337 e. The zero-order valence-electron chi connectivity index (χ0n) is 9.12. The molecule has 0 amide bonds. The Hall–Kier alpha value is -1.36. The molecule has 0 fully saturated rings. The van der Waals surface area contributed by atoms with E-state index in [1.54, 1.807) is 0 Å². The molecule has 0 bridgehead atoms. The quantitative estimate of drug-likeness (QED) is 0.652. The molecule has 0 saturated carbocycles. The Morgan fingerprint density at radius 2 is 1.74 bits per heavy atom. The standard InChI is InChI=1S/C12H5Cl3FNO2/c13-6-2-3-7(14)10(15)9(6)11-5(12(18)19)1-4-8(16)17-11/h1-4H,(H,18,19). The zero-order valence-corrected chi connectivity index (χ0v) is 11.4. The topological polar surface area (TPSA) is 50.2 Å². The van der Waals surface area contributed by atoms with E-state index in [1.165, 1.54) is 12.1 Å². The fraction of sp³-hybridized carbons (Fsp3) is 0. The van der Waals surface area contributed by atoms with Gasteiger partial charge in [-0.05, 0) is 24.3 Å². The number of hydrogen-bond donors (Lipinski definition) is 1. The molecule has 1 aromatic carbocycles. The number of pyridine rings is 1. The third-order valence-electron chi connectivity index (χ3n) is 2.37. The maximum atomic E-state index is 13.2. The summed E-state index contributed by atoms with van der Waals surface area (Å²) >= 11 is 17.8. The number of hydrogen-bond acceptors (Lipinski definition) is 2. The number of rotatable bonds is 2. The Balaban J connectivity index is 2.82. The van der Waals surface area contributed by atoms with Gasteiger partial charge >= 0.3 is 5.97 Å². The molecule has 2 rings (SSSR count). The van der Waals surface area contributed by atoms with Gasteiger partial charge in [0.25, 0.3) is 0 Å². The third kappa shape index (κ3) is 2.66. The number of carbonyl (C=O) groups is 1. The van der Waals surface area contributed by atoms with Crippen molar-refractivity contribution in [2.24, 2.45) is 0 Å². The second-order valence-corrected chi connectivity index (χ2v) is 4.75. The molecule has 0 aliphatic heterocycles. The van der Waals surface area contributed by atoms with Crippen molar-refractivity contribution in [3.05, 3.63) is 50.8 Å². The summed E-state index contributed by atoms with van der Waals surface area (Å²) in [6.07, 6.45) is 0. The summed E-state index contributed by atoms with van der Waals surface area (Å²) in [7, 11) is 0. The molecule has 19 heavy (non-hydrogen) atoms. The molecule has 2 aromatic rings. The lowest BCUT2D eigenvalue weighted by Gasteiger charge is -2.10. The minimum Gasteiger partial charge on any atom is -0.478 e. The molecule has 3 nitrogen and oxygen atoms in total. The predicted octanol–water partition coefficient (Wildman–Crippen LogP) is 4.55. The lowest BCUT2D eigenvalue weighted by atomic mass is 10.1. The van der Waals surface area contributed by atoms with Crippen molar-refractivity contribution in [1.29, 1.82) is 0 Å². The Bertz CT molecular complexity index is 676. The summed E-state index contributed by atoms with van der Waals surface area (Å²) in [4.78, 5) is 14.7. The highest BCUT2D eigenvalue weighted by molar-refractivity contribution is 6.46. The van der Waals surface area contributed by atoms with Crippen LogP contribution in [0.2, 0.25) is 15.1 Å². The molecular formula is C12H5Cl3FNO2. The van der Waals surface area contributed by atoms with Crippen LogP contribution in [0.25, 0.3) is 11.3 Å². The van der Waals surface area contributed by atoms with Crippen molar-refractivity contribution in [1.82, 2.24) is 4.98 Å². The highest BCUT2D eigenvalue weighted by Gasteiger charge is 2.20. The van der Waals surface area contributed by atoms with Crippen LogP contribution in [0.4, 0.5) is 4.39 Å². The predicted molar refractivity (Wildman–Crippen MR) is 71.6 cm³/mol. The van der Waals surface area contributed by atoms with E-state index in [-0.39, 0.29) is 31.9 Å². The van der Waals surface area contributed by atoms with E-state index in [4.69, 9.17) is 39.9 Å². The van der Waals surface area contributed by atoms with E-state index in [1.807, 2.05) is 0 Å². The number of aromatic carboxylic acids is 1. The van der Waals surface area contributed by atoms with Crippen LogP contribution >= 0.6 is 34.8 Å². The summed E-state index contributed by atoms with van der Waals surface area (Å²) in [5, 5.41) is 9.41. The summed E-state index contributed by atoms with van der Waals surface area (Å²) in [5.41, 5.74) is -0.287. The molecule has 0 aliphatic carbocycles. The number of carboxylic acid groups (broad SMARTS) is 1. The fourth-order valence-electron chi connectivity index (χ4n) is 1.54. The van der Waals surface area contributed by atoms with Gasteiger partial charge in [0.15, 0.2) is 0 Å². The Kier molecular flexibility index (Phi) is 3.94. The molecule has 0 atom stereocenters.